The van der Waals surface area contributed by atoms with Gasteiger partial charge in [0, 0.05) is 44.1 Å². The van der Waals surface area contributed by atoms with Crippen LogP contribution in [0, 0.1) is 6.92 Å². The van der Waals surface area contributed by atoms with Gasteiger partial charge in [-0.05, 0) is 36.7 Å². The summed E-state index contributed by atoms with van der Waals surface area (Å²) in [5, 5.41) is 5.52. The Morgan fingerprint density at radius 2 is 1.59 bits per heavy atom. The number of nitrogens with one attached hydrogen (secondary N) is 2. The molecule has 0 saturated carbocycles. The van der Waals surface area contributed by atoms with Crippen molar-refractivity contribution in [3.63, 3.8) is 0 Å². The molecule has 2 N–H and O–H groups in total. The van der Waals surface area contributed by atoms with Gasteiger partial charge in [0.05, 0.1) is 11.4 Å². The lowest BCUT2D eigenvalue weighted by atomic mass is 10.1. The van der Waals surface area contributed by atoms with Gasteiger partial charge in [0.1, 0.15) is 0 Å². The Hall–Kier alpha value is -2.22. The highest BCUT2D eigenvalue weighted by atomic mass is 32.1. The van der Waals surface area contributed by atoms with Crippen LogP contribution in [0.15, 0.2) is 36.4 Å². The molecular weight excluding hydrogens is 384 g/mol. The highest BCUT2D eigenvalue weighted by Crippen LogP contribution is 2.14. The number of piperazine rings is 1. The summed E-state index contributed by atoms with van der Waals surface area (Å²) in [6, 6.07) is 12.1. The third-order valence-corrected chi connectivity index (χ3v) is 6.20. The van der Waals surface area contributed by atoms with Crippen LogP contribution in [0.4, 0.5) is 0 Å². The molecule has 0 radical (unpaired) electrons. The summed E-state index contributed by atoms with van der Waals surface area (Å²) in [6.07, 6.45) is 0. The maximum absolute atomic E-state index is 12.0. The minimum Gasteiger partial charge on any atom is -0.350 e. The van der Waals surface area contributed by atoms with E-state index in [-0.39, 0.29) is 18.4 Å². The fraction of sp³-hybridized carbons (Fsp3) is 0.455. The maximum Gasteiger partial charge on any atom is 0.261 e. The number of hydrogen-bond donors (Lipinski definition) is 2. The largest absolute Gasteiger partial charge is 0.350 e. The highest BCUT2D eigenvalue weighted by molar-refractivity contribution is 7.13. The number of carbonyl (C=O) groups excluding carboxylic acids is 2. The lowest BCUT2D eigenvalue weighted by molar-refractivity contribution is -0.120. The Bertz CT molecular complexity index is 810. The zero-order valence-electron chi connectivity index (χ0n) is 17.2. The maximum atomic E-state index is 12.0. The molecule has 156 valence electrons. The van der Waals surface area contributed by atoms with E-state index >= 15 is 0 Å². The first-order chi connectivity index (χ1) is 14.0. The van der Waals surface area contributed by atoms with E-state index in [0.717, 1.165) is 49.7 Å². The van der Waals surface area contributed by atoms with Crippen molar-refractivity contribution in [3.8, 4) is 0 Å². The van der Waals surface area contributed by atoms with Crippen molar-refractivity contribution in [3.05, 3.63) is 57.3 Å². The number of aryl methyl sites for hydroxylation is 1. The molecule has 1 aromatic heterocycles. The third-order valence-electron chi connectivity index (χ3n) is 5.20. The highest BCUT2D eigenvalue weighted by Gasteiger charge is 2.15. The lowest BCUT2D eigenvalue weighted by Crippen LogP contribution is -2.45. The number of rotatable bonds is 8. The van der Waals surface area contributed by atoms with Crippen LogP contribution in [0.5, 0.6) is 0 Å². The topological polar surface area (TPSA) is 64.7 Å². The van der Waals surface area contributed by atoms with Crippen LogP contribution in [-0.4, -0.2) is 60.9 Å². The average Bonchev–Trinajstić information content (AvgIpc) is 3.18. The number of benzene rings is 1. The zero-order chi connectivity index (χ0) is 20.6. The first-order valence-corrected chi connectivity index (χ1v) is 11.0. The smallest absolute Gasteiger partial charge is 0.261 e. The Kier molecular flexibility index (Phi) is 7.80. The molecule has 0 spiro atoms. The standard InChI is InChI=1S/C22H30N4O2S/c1-3-25-10-12-26(13-11-25)16-19-7-5-18(6-8-19)14-23-21(27)15-24-22(28)20-9-4-17(2)29-20/h4-9H,3,10-16H2,1-2H3,(H,23,27)(H,24,28). The van der Waals surface area contributed by atoms with Gasteiger partial charge in [-0.15, -0.1) is 11.3 Å². The minimum absolute atomic E-state index is 0.0163. The molecule has 0 atom stereocenters. The Balaban J connectivity index is 1.37. The predicted octanol–water partition coefficient (Wildman–Crippen LogP) is 2.24. The monoisotopic (exact) mass is 414 g/mol. The molecule has 1 fully saturated rings. The van der Waals surface area contributed by atoms with E-state index in [2.05, 4.69) is 51.6 Å². The van der Waals surface area contributed by atoms with Crippen molar-refractivity contribution in [2.45, 2.75) is 26.9 Å². The predicted molar refractivity (Wildman–Crippen MR) is 117 cm³/mol. The fourth-order valence-corrected chi connectivity index (χ4v) is 4.14. The second-order valence-corrected chi connectivity index (χ2v) is 8.68. The summed E-state index contributed by atoms with van der Waals surface area (Å²) >= 11 is 1.42. The number of likely N-dealkylation sites (N-methyl/N-ethyl adjacent to an activating group) is 1. The summed E-state index contributed by atoms with van der Waals surface area (Å²) in [7, 11) is 0. The van der Waals surface area contributed by atoms with Crippen LogP contribution in [0.25, 0.3) is 0 Å². The number of nitrogens with zero attached hydrogens (tertiary/aromatic N) is 2. The van der Waals surface area contributed by atoms with E-state index in [9.17, 15) is 9.59 Å². The number of carbonyl (C=O) groups is 2. The number of hydrogen-bond acceptors (Lipinski definition) is 5. The van der Waals surface area contributed by atoms with Crippen LogP contribution in [0.2, 0.25) is 0 Å². The van der Waals surface area contributed by atoms with Crippen molar-refractivity contribution in [2.75, 3.05) is 39.3 Å². The van der Waals surface area contributed by atoms with Gasteiger partial charge >= 0.3 is 0 Å². The van der Waals surface area contributed by atoms with Crippen molar-refractivity contribution in [2.24, 2.45) is 0 Å². The molecule has 1 aromatic carbocycles. The first-order valence-electron chi connectivity index (χ1n) is 10.2. The molecule has 29 heavy (non-hydrogen) atoms. The molecule has 2 heterocycles. The SMILES string of the molecule is CCN1CCN(Cc2ccc(CNC(=O)CNC(=O)c3ccc(C)s3)cc2)CC1. The van der Waals surface area contributed by atoms with Crippen molar-refractivity contribution in [1.82, 2.24) is 20.4 Å². The van der Waals surface area contributed by atoms with Crippen molar-refractivity contribution < 1.29 is 9.59 Å². The number of thiophene rings is 1. The summed E-state index contributed by atoms with van der Waals surface area (Å²) in [5.74, 6) is -0.396. The molecule has 6 nitrogen and oxygen atoms in total. The van der Waals surface area contributed by atoms with Crippen LogP contribution < -0.4 is 10.6 Å². The van der Waals surface area contributed by atoms with E-state index in [0.29, 0.717) is 11.4 Å². The summed E-state index contributed by atoms with van der Waals surface area (Å²) in [6.45, 7) is 11.2. The van der Waals surface area contributed by atoms with Crippen LogP contribution >= 0.6 is 11.3 Å². The molecule has 1 saturated heterocycles. The fourth-order valence-electron chi connectivity index (χ4n) is 3.35. The molecule has 0 bridgehead atoms. The van der Waals surface area contributed by atoms with Gasteiger partial charge < -0.3 is 15.5 Å². The molecule has 1 aliphatic rings. The van der Waals surface area contributed by atoms with Crippen LogP contribution in [-0.2, 0) is 17.9 Å². The average molecular weight is 415 g/mol. The summed E-state index contributed by atoms with van der Waals surface area (Å²) < 4.78 is 0. The normalized spacial score (nSPS) is 15.2. The second kappa shape index (κ2) is 10.5. The third kappa shape index (κ3) is 6.66. The summed E-state index contributed by atoms with van der Waals surface area (Å²) in [4.78, 5) is 30.7. The van der Waals surface area contributed by atoms with Crippen molar-refractivity contribution in [1.29, 1.82) is 0 Å². The molecule has 7 heteroatoms. The minimum atomic E-state index is -0.206. The molecule has 2 amide bonds. The van der Waals surface area contributed by atoms with Gasteiger partial charge in [0.25, 0.3) is 5.91 Å². The van der Waals surface area contributed by atoms with Crippen molar-refractivity contribution >= 4 is 23.2 Å². The van der Waals surface area contributed by atoms with E-state index in [4.69, 9.17) is 0 Å². The van der Waals surface area contributed by atoms with Gasteiger partial charge in [-0.3, -0.25) is 14.5 Å². The Labute approximate surface area is 176 Å². The van der Waals surface area contributed by atoms with Gasteiger partial charge in [-0.1, -0.05) is 31.2 Å². The molecule has 2 aromatic rings. The van der Waals surface area contributed by atoms with Gasteiger partial charge in [-0.2, -0.15) is 0 Å². The van der Waals surface area contributed by atoms with Crippen LogP contribution in [0.1, 0.15) is 32.6 Å². The number of amides is 2. The lowest BCUT2D eigenvalue weighted by Gasteiger charge is -2.34. The van der Waals surface area contributed by atoms with Gasteiger partial charge in [0.2, 0.25) is 5.91 Å². The van der Waals surface area contributed by atoms with E-state index in [1.165, 1.54) is 16.9 Å². The zero-order valence-corrected chi connectivity index (χ0v) is 18.1. The van der Waals surface area contributed by atoms with E-state index in [1.54, 1.807) is 6.07 Å². The summed E-state index contributed by atoms with van der Waals surface area (Å²) in [5.41, 5.74) is 2.35. The first kappa shape index (κ1) is 21.5. The molecule has 3 rings (SSSR count). The van der Waals surface area contributed by atoms with Crippen LogP contribution in [0.3, 0.4) is 0 Å². The molecular formula is C22H30N4O2S. The van der Waals surface area contributed by atoms with Gasteiger partial charge in [-0.25, -0.2) is 0 Å². The molecule has 0 aliphatic carbocycles. The second-order valence-electron chi connectivity index (χ2n) is 7.40. The van der Waals surface area contributed by atoms with Gasteiger partial charge in [0.15, 0.2) is 0 Å². The quantitative estimate of drug-likeness (QED) is 0.695. The van der Waals surface area contributed by atoms with E-state index in [1.807, 2.05) is 13.0 Å². The Morgan fingerprint density at radius 3 is 2.21 bits per heavy atom. The molecule has 1 aliphatic heterocycles. The van der Waals surface area contributed by atoms with E-state index < -0.39 is 0 Å². The Morgan fingerprint density at radius 1 is 0.931 bits per heavy atom. The molecule has 0 unspecified atom stereocenters.